The van der Waals surface area contributed by atoms with Crippen molar-refractivity contribution in [3.8, 4) is 11.5 Å². The number of hydrogen-bond acceptors (Lipinski definition) is 6. The van der Waals surface area contributed by atoms with Crippen molar-refractivity contribution in [1.82, 2.24) is 15.2 Å². The molecule has 1 aromatic heterocycles. The van der Waals surface area contributed by atoms with Gasteiger partial charge in [0.05, 0.1) is 12.1 Å². The fourth-order valence-corrected chi connectivity index (χ4v) is 3.51. The van der Waals surface area contributed by atoms with E-state index >= 15 is 0 Å². The number of rotatable bonds is 7. The van der Waals surface area contributed by atoms with Crippen molar-refractivity contribution in [1.29, 1.82) is 0 Å². The van der Waals surface area contributed by atoms with Crippen LogP contribution in [0.15, 0.2) is 36.7 Å². The molecule has 0 saturated carbocycles. The normalized spacial score (nSPS) is 17.5. The Kier molecular flexibility index (Phi) is 6.49. The summed E-state index contributed by atoms with van der Waals surface area (Å²) in [6, 6.07) is 7.98. The number of nitrogens with two attached hydrogens (primary N) is 1. The monoisotopic (exact) mass is 390 g/mol. The average molecular weight is 391 g/mol. The maximum absolute atomic E-state index is 11.0. The van der Waals surface area contributed by atoms with E-state index < -0.39 is 5.91 Å². The largest absolute Gasteiger partial charge is 0.493 e. The number of hydrogen-bond donors (Lipinski definition) is 2. The molecule has 27 heavy (non-hydrogen) atoms. The Morgan fingerprint density at radius 1 is 1.48 bits per heavy atom. The highest BCUT2D eigenvalue weighted by atomic mass is 35.5. The van der Waals surface area contributed by atoms with E-state index in [0.717, 1.165) is 25.2 Å². The fraction of sp³-hybridized carbons (Fsp3) is 0.368. The lowest BCUT2D eigenvalue weighted by atomic mass is 10.0. The van der Waals surface area contributed by atoms with E-state index in [4.69, 9.17) is 26.8 Å². The Hall–Kier alpha value is -2.35. The molecule has 3 rings (SSSR count). The number of halogens is 1. The van der Waals surface area contributed by atoms with Crippen LogP contribution in [-0.2, 0) is 11.3 Å². The van der Waals surface area contributed by atoms with E-state index in [9.17, 15) is 4.79 Å². The molecule has 0 spiro atoms. The van der Waals surface area contributed by atoms with E-state index in [1.54, 1.807) is 6.20 Å². The van der Waals surface area contributed by atoms with Gasteiger partial charge in [-0.25, -0.2) is 0 Å². The summed E-state index contributed by atoms with van der Waals surface area (Å²) < 4.78 is 10.8. The van der Waals surface area contributed by atoms with Gasteiger partial charge >= 0.3 is 0 Å². The van der Waals surface area contributed by atoms with Crippen molar-refractivity contribution in [2.45, 2.75) is 12.6 Å². The lowest BCUT2D eigenvalue weighted by Gasteiger charge is -2.36. The van der Waals surface area contributed by atoms with Crippen molar-refractivity contribution in [2.24, 2.45) is 5.73 Å². The van der Waals surface area contributed by atoms with Gasteiger partial charge in [0.15, 0.2) is 18.1 Å². The molecule has 1 atom stereocenters. The van der Waals surface area contributed by atoms with Crippen molar-refractivity contribution >= 4 is 17.5 Å². The van der Waals surface area contributed by atoms with Gasteiger partial charge in [0, 0.05) is 44.6 Å². The summed E-state index contributed by atoms with van der Waals surface area (Å²) in [5.74, 6) is 0.231. The summed E-state index contributed by atoms with van der Waals surface area (Å²) in [6.07, 6.45) is 3.68. The number of piperazine rings is 1. The van der Waals surface area contributed by atoms with Crippen LogP contribution < -0.4 is 20.5 Å². The topological polar surface area (TPSA) is 89.7 Å². The quantitative estimate of drug-likeness (QED) is 0.748. The molecule has 7 nitrogen and oxygen atoms in total. The molecule has 1 aliphatic rings. The number of pyridine rings is 1. The van der Waals surface area contributed by atoms with Gasteiger partial charge in [-0.15, -0.1) is 0 Å². The number of amides is 1. The van der Waals surface area contributed by atoms with Crippen molar-refractivity contribution < 1.29 is 14.3 Å². The fourth-order valence-electron chi connectivity index (χ4n) is 3.22. The zero-order chi connectivity index (χ0) is 19.2. The third kappa shape index (κ3) is 4.88. The van der Waals surface area contributed by atoms with Crippen molar-refractivity contribution in [3.63, 3.8) is 0 Å². The summed E-state index contributed by atoms with van der Waals surface area (Å²) in [5, 5.41) is 3.82. The number of benzene rings is 1. The van der Waals surface area contributed by atoms with E-state index in [-0.39, 0.29) is 12.6 Å². The minimum Gasteiger partial charge on any atom is -0.493 e. The molecular formula is C19H23ClN4O3. The van der Waals surface area contributed by atoms with Gasteiger partial charge in [0.25, 0.3) is 5.91 Å². The van der Waals surface area contributed by atoms with Gasteiger partial charge < -0.3 is 20.5 Å². The lowest BCUT2D eigenvalue weighted by molar-refractivity contribution is -0.119. The van der Waals surface area contributed by atoms with Gasteiger partial charge in [-0.1, -0.05) is 17.7 Å². The summed E-state index contributed by atoms with van der Waals surface area (Å²) in [5.41, 5.74) is 7.31. The Morgan fingerprint density at radius 3 is 3.04 bits per heavy atom. The molecule has 1 fully saturated rings. The first kappa shape index (κ1) is 19.4. The summed E-state index contributed by atoms with van der Waals surface area (Å²) in [7, 11) is 1.54. The number of primary amides is 1. The molecule has 2 heterocycles. The van der Waals surface area contributed by atoms with E-state index in [2.05, 4.69) is 21.3 Å². The highest BCUT2D eigenvalue weighted by Crippen LogP contribution is 2.37. The van der Waals surface area contributed by atoms with E-state index in [1.165, 1.54) is 12.7 Å². The predicted molar refractivity (Wildman–Crippen MR) is 103 cm³/mol. The minimum absolute atomic E-state index is 0.225. The molecule has 1 saturated heterocycles. The molecule has 0 radical (unpaired) electrons. The van der Waals surface area contributed by atoms with Crippen LogP contribution in [0.4, 0.5) is 0 Å². The number of nitrogens with one attached hydrogen (secondary N) is 1. The zero-order valence-corrected chi connectivity index (χ0v) is 15.9. The minimum atomic E-state index is -0.572. The van der Waals surface area contributed by atoms with Crippen LogP contribution in [0.25, 0.3) is 0 Å². The molecule has 1 amide bonds. The molecule has 1 aromatic carbocycles. The maximum Gasteiger partial charge on any atom is 0.255 e. The predicted octanol–water partition coefficient (Wildman–Crippen LogP) is 1.75. The molecule has 1 aliphatic heterocycles. The molecule has 2 aromatic rings. The zero-order valence-electron chi connectivity index (χ0n) is 15.2. The second kappa shape index (κ2) is 9.03. The van der Waals surface area contributed by atoms with Crippen LogP contribution in [0.5, 0.6) is 11.5 Å². The summed E-state index contributed by atoms with van der Waals surface area (Å²) in [4.78, 5) is 17.6. The van der Waals surface area contributed by atoms with Crippen LogP contribution in [0.1, 0.15) is 17.2 Å². The first-order valence-corrected chi connectivity index (χ1v) is 9.08. The van der Waals surface area contributed by atoms with Gasteiger partial charge in [-0.05, 0) is 29.3 Å². The number of nitrogens with zero attached hydrogens (tertiary/aromatic N) is 2. The summed E-state index contributed by atoms with van der Waals surface area (Å²) >= 11 is 6.37. The smallest absolute Gasteiger partial charge is 0.255 e. The van der Waals surface area contributed by atoms with Crippen molar-refractivity contribution in [2.75, 3.05) is 33.4 Å². The van der Waals surface area contributed by atoms with Crippen LogP contribution in [-0.4, -0.2) is 49.1 Å². The SMILES string of the molecule is COc1cc(CN2CCNCC2c2cccnc2)cc(Cl)c1OCC(N)=O. The van der Waals surface area contributed by atoms with Crippen LogP contribution in [0, 0.1) is 0 Å². The Bertz CT molecular complexity index is 788. The van der Waals surface area contributed by atoms with Gasteiger partial charge in [0.2, 0.25) is 0 Å². The third-order valence-electron chi connectivity index (χ3n) is 4.46. The molecule has 1 unspecified atom stereocenters. The number of carbonyl (C=O) groups excluding carboxylic acids is 1. The maximum atomic E-state index is 11.0. The van der Waals surface area contributed by atoms with E-state index in [0.29, 0.717) is 23.1 Å². The number of methoxy groups -OCH3 is 1. The molecule has 8 heteroatoms. The molecule has 144 valence electrons. The highest BCUT2D eigenvalue weighted by molar-refractivity contribution is 6.32. The van der Waals surface area contributed by atoms with Gasteiger partial charge in [-0.2, -0.15) is 0 Å². The first-order valence-electron chi connectivity index (χ1n) is 8.70. The van der Waals surface area contributed by atoms with Crippen LogP contribution in [0.2, 0.25) is 5.02 Å². The first-order chi connectivity index (χ1) is 13.1. The molecule has 0 aliphatic carbocycles. The second-order valence-electron chi connectivity index (χ2n) is 6.34. The number of ether oxygens (including phenoxy) is 2. The summed E-state index contributed by atoms with van der Waals surface area (Å²) in [6.45, 7) is 3.13. The lowest BCUT2D eigenvalue weighted by Crippen LogP contribution is -2.45. The Morgan fingerprint density at radius 2 is 2.33 bits per heavy atom. The third-order valence-corrected chi connectivity index (χ3v) is 4.74. The standard InChI is InChI=1S/C19H23ClN4O3/c1-26-17-8-13(7-15(20)19(17)27-12-18(21)25)11-24-6-5-23-10-16(24)14-3-2-4-22-9-14/h2-4,7-9,16,23H,5-6,10-12H2,1H3,(H2,21,25). The van der Waals surface area contributed by atoms with Crippen LogP contribution in [0.3, 0.4) is 0 Å². The Labute approximate surface area is 163 Å². The number of carbonyl (C=O) groups is 1. The van der Waals surface area contributed by atoms with Gasteiger partial charge in [0.1, 0.15) is 0 Å². The Balaban J connectivity index is 1.81. The van der Waals surface area contributed by atoms with Gasteiger partial charge in [-0.3, -0.25) is 14.7 Å². The van der Waals surface area contributed by atoms with Crippen LogP contribution >= 0.6 is 11.6 Å². The molecular weight excluding hydrogens is 368 g/mol. The molecule has 3 N–H and O–H groups in total. The van der Waals surface area contributed by atoms with E-state index in [1.807, 2.05) is 24.4 Å². The number of aromatic nitrogens is 1. The second-order valence-corrected chi connectivity index (χ2v) is 6.75. The molecule has 0 bridgehead atoms. The average Bonchev–Trinajstić information content (AvgIpc) is 2.67. The highest BCUT2D eigenvalue weighted by Gasteiger charge is 2.24. The van der Waals surface area contributed by atoms with Crippen molar-refractivity contribution in [3.05, 3.63) is 52.8 Å².